The van der Waals surface area contributed by atoms with Crippen LogP contribution in [0.4, 0.5) is 8.78 Å². The molecule has 0 radical (unpaired) electrons. The van der Waals surface area contributed by atoms with E-state index in [1.165, 1.54) is 12.1 Å². The molecule has 1 nitrogen and oxygen atoms in total. The van der Waals surface area contributed by atoms with Gasteiger partial charge in [0.05, 0.1) is 0 Å². The molecule has 0 aromatic heterocycles. The highest BCUT2D eigenvalue weighted by atomic mass is 35.5. The van der Waals surface area contributed by atoms with Crippen LogP contribution >= 0.6 is 11.6 Å². The van der Waals surface area contributed by atoms with Gasteiger partial charge in [0.1, 0.15) is 11.6 Å². The second kappa shape index (κ2) is 6.33. The molecule has 0 saturated heterocycles. The molecule has 0 aliphatic carbocycles. The van der Waals surface area contributed by atoms with Crippen molar-refractivity contribution < 1.29 is 8.78 Å². The predicted octanol–water partition coefficient (Wildman–Crippen LogP) is 4.43. The second-order valence-electron chi connectivity index (χ2n) is 4.84. The summed E-state index contributed by atoms with van der Waals surface area (Å²) in [7, 11) is 1.81. The average Bonchev–Trinajstić information content (AvgIpc) is 2.36. The normalized spacial score (nSPS) is 12.4. The van der Waals surface area contributed by atoms with Gasteiger partial charge in [-0.1, -0.05) is 23.7 Å². The van der Waals surface area contributed by atoms with Gasteiger partial charge in [-0.2, -0.15) is 0 Å². The number of hydrogen-bond acceptors (Lipinski definition) is 1. The topological polar surface area (TPSA) is 12.0 Å². The zero-order valence-electron chi connectivity index (χ0n) is 11.4. The Labute approximate surface area is 122 Å². The maximum atomic E-state index is 13.7. The van der Waals surface area contributed by atoms with Crippen molar-refractivity contribution in [3.8, 4) is 0 Å². The zero-order valence-corrected chi connectivity index (χ0v) is 12.1. The van der Waals surface area contributed by atoms with Crippen LogP contribution in [-0.2, 0) is 6.42 Å². The summed E-state index contributed by atoms with van der Waals surface area (Å²) in [6, 6.07) is 9.32. The Kier molecular flexibility index (Phi) is 4.73. The van der Waals surface area contributed by atoms with E-state index in [0.717, 1.165) is 17.2 Å². The Morgan fingerprint density at radius 1 is 1.15 bits per heavy atom. The van der Waals surface area contributed by atoms with Crippen LogP contribution in [0.2, 0.25) is 5.02 Å². The third-order valence-electron chi connectivity index (χ3n) is 3.25. The van der Waals surface area contributed by atoms with E-state index in [0.29, 0.717) is 17.0 Å². The highest BCUT2D eigenvalue weighted by Crippen LogP contribution is 2.24. The molecule has 0 heterocycles. The molecule has 1 N–H and O–H groups in total. The number of nitrogens with one attached hydrogen (secondary N) is 1. The molecule has 4 heteroatoms. The third-order valence-corrected chi connectivity index (χ3v) is 3.47. The van der Waals surface area contributed by atoms with E-state index in [9.17, 15) is 8.78 Å². The minimum absolute atomic E-state index is 0.0765. The van der Waals surface area contributed by atoms with Crippen LogP contribution in [0.3, 0.4) is 0 Å². The van der Waals surface area contributed by atoms with Crippen molar-refractivity contribution in [2.45, 2.75) is 19.4 Å². The second-order valence-corrected chi connectivity index (χ2v) is 5.28. The van der Waals surface area contributed by atoms with Gasteiger partial charge in [0.2, 0.25) is 0 Å². The summed E-state index contributed by atoms with van der Waals surface area (Å²) in [5.41, 5.74) is 2.51. The highest BCUT2D eigenvalue weighted by Gasteiger charge is 2.14. The standard InChI is InChI=1S/C16H16ClF2N/c1-10-5-12(7-13(17)6-10)16(20-2)8-11-3-4-14(18)9-15(11)19/h3-7,9,16,20H,8H2,1-2H3. The van der Waals surface area contributed by atoms with Crippen LogP contribution in [0.15, 0.2) is 36.4 Å². The molecule has 1 atom stereocenters. The van der Waals surface area contributed by atoms with E-state index < -0.39 is 11.6 Å². The number of hydrogen-bond donors (Lipinski definition) is 1. The summed E-state index contributed by atoms with van der Waals surface area (Å²) in [6.45, 7) is 1.96. The molecule has 2 rings (SSSR count). The minimum Gasteiger partial charge on any atom is -0.313 e. The summed E-state index contributed by atoms with van der Waals surface area (Å²) in [4.78, 5) is 0. The molecular formula is C16H16ClF2N. The van der Waals surface area contributed by atoms with E-state index in [1.807, 2.05) is 32.2 Å². The van der Waals surface area contributed by atoms with Gasteiger partial charge >= 0.3 is 0 Å². The van der Waals surface area contributed by atoms with Crippen molar-refractivity contribution in [2.24, 2.45) is 0 Å². The van der Waals surface area contributed by atoms with E-state index in [2.05, 4.69) is 5.32 Å². The van der Waals surface area contributed by atoms with Crippen LogP contribution in [0.1, 0.15) is 22.7 Å². The van der Waals surface area contributed by atoms with E-state index in [-0.39, 0.29) is 6.04 Å². The molecule has 106 valence electrons. The lowest BCUT2D eigenvalue weighted by Gasteiger charge is -2.18. The first-order chi connectivity index (χ1) is 9.49. The molecule has 0 aliphatic rings. The number of aryl methyl sites for hydroxylation is 1. The van der Waals surface area contributed by atoms with Crippen LogP contribution in [-0.4, -0.2) is 7.05 Å². The molecular weight excluding hydrogens is 280 g/mol. The third kappa shape index (κ3) is 3.56. The van der Waals surface area contributed by atoms with Gasteiger partial charge in [0.15, 0.2) is 0 Å². The minimum atomic E-state index is -0.564. The predicted molar refractivity (Wildman–Crippen MR) is 78.1 cm³/mol. The average molecular weight is 296 g/mol. The molecule has 0 bridgehead atoms. The van der Waals surface area contributed by atoms with E-state index >= 15 is 0 Å². The Morgan fingerprint density at radius 3 is 2.50 bits per heavy atom. The van der Waals surface area contributed by atoms with Crippen molar-refractivity contribution in [3.05, 3.63) is 69.7 Å². The van der Waals surface area contributed by atoms with Gasteiger partial charge < -0.3 is 5.32 Å². The van der Waals surface area contributed by atoms with Crippen molar-refractivity contribution in [2.75, 3.05) is 7.05 Å². The van der Waals surface area contributed by atoms with Crippen molar-refractivity contribution >= 4 is 11.6 Å². The summed E-state index contributed by atoms with van der Waals surface area (Å²) >= 11 is 6.05. The van der Waals surface area contributed by atoms with Crippen molar-refractivity contribution in [1.82, 2.24) is 5.32 Å². The van der Waals surface area contributed by atoms with E-state index in [1.54, 1.807) is 0 Å². The Hall–Kier alpha value is -1.45. The summed E-state index contributed by atoms with van der Waals surface area (Å²) in [5, 5.41) is 3.80. The molecule has 0 spiro atoms. The molecule has 0 fully saturated rings. The maximum absolute atomic E-state index is 13.7. The van der Waals surface area contributed by atoms with E-state index in [4.69, 9.17) is 11.6 Å². The fourth-order valence-corrected chi connectivity index (χ4v) is 2.56. The number of rotatable bonds is 4. The highest BCUT2D eigenvalue weighted by molar-refractivity contribution is 6.30. The lowest BCUT2D eigenvalue weighted by atomic mass is 9.97. The van der Waals surface area contributed by atoms with Crippen molar-refractivity contribution in [3.63, 3.8) is 0 Å². The molecule has 2 aromatic rings. The summed E-state index contributed by atoms with van der Waals surface area (Å²) in [5.74, 6) is -1.09. The van der Waals surface area contributed by atoms with Gasteiger partial charge in [-0.05, 0) is 55.3 Å². The van der Waals surface area contributed by atoms with Crippen LogP contribution in [0, 0.1) is 18.6 Å². The van der Waals surface area contributed by atoms with Gasteiger partial charge in [0.25, 0.3) is 0 Å². The lowest BCUT2D eigenvalue weighted by molar-refractivity contribution is 0.540. The van der Waals surface area contributed by atoms with Crippen LogP contribution in [0.5, 0.6) is 0 Å². The fraction of sp³-hybridized carbons (Fsp3) is 0.250. The monoisotopic (exact) mass is 295 g/mol. The lowest BCUT2D eigenvalue weighted by Crippen LogP contribution is -2.19. The van der Waals surface area contributed by atoms with Gasteiger partial charge in [0, 0.05) is 17.1 Å². The number of likely N-dealkylation sites (N-methyl/N-ethyl adjacent to an activating group) is 1. The smallest absolute Gasteiger partial charge is 0.129 e. The van der Waals surface area contributed by atoms with Crippen LogP contribution < -0.4 is 5.32 Å². The zero-order chi connectivity index (χ0) is 14.7. The Balaban J connectivity index is 2.28. The molecule has 2 aromatic carbocycles. The SMILES string of the molecule is CNC(Cc1ccc(F)cc1F)c1cc(C)cc(Cl)c1. The van der Waals surface area contributed by atoms with Gasteiger partial charge in [-0.3, -0.25) is 0 Å². The van der Waals surface area contributed by atoms with Gasteiger partial charge in [-0.25, -0.2) is 8.78 Å². The molecule has 20 heavy (non-hydrogen) atoms. The fourth-order valence-electron chi connectivity index (χ4n) is 2.26. The Bertz CT molecular complexity index is 593. The summed E-state index contributed by atoms with van der Waals surface area (Å²) in [6.07, 6.45) is 0.433. The molecule has 0 saturated carbocycles. The summed E-state index contributed by atoms with van der Waals surface area (Å²) < 4.78 is 26.7. The molecule has 1 unspecified atom stereocenters. The van der Waals surface area contributed by atoms with Crippen LogP contribution in [0.25, 0.3) is 0 Å². The number of halogens is 3. The Morgan fingerprint density at radius 2 is 1.90 bits per heavy atom. The number of benzene rings is 2. The molecule has 0 aliphatic heterocycles. The first-order valence-electron chi connectivity index (χ1n) is 6.38. The first kappa shape index (κ1) is 14.9. The molecule has 0 amide bonds. The quantitative estimate of drug-likeness (QED) is 0.880. The van der Waals surface area contributed by atoms with Crippen molar-refractivity contribution in [1.29, 1.82) is 0 Å². The maximum Gasteiger partial charge on any atom is 0.129 e. The van der Waals surface area contributed by atoms with Gasteiger partial charge in [-0.15, -0.1) is 0 Å². The largest absolute Gasteiger partial charge is 0.313 e. The first-order valence-corrected chi connectivity index (χ1v) is 6.75.